The minimum Gasteiger partial charge on any atom is -0.497 e. The maximum Gasteiger partial charge on any atom is 0.327 e. The highest BCUT2D eigenvalue weighted by atomic mass is 16.7. The molecule has 1 aliphatic rings. The van der Waals surface area contributed by atoms with Gasteiger partial charge in [-0.1, -0.05) is 6.92 Å². The normalized spacial score (nSPS) is 20.3. The standard InChI is InChI=1S/C17H22O6/c1-10(11-7-12(20-5)9-13(8-11)21-6)17(4)14(18)22-16(2,3)23-15(17)19/h7-10H,1-6H3. The Labute approximate surface area is 135 Å². The van der Waals surface area contributed by atoms with Crippen LogP contribution >= 0.6 is 0 Å². The van der Waals surface area contributed by atoms with Crippen molar-refractivity contribution < 1.29 is 28.5 Å². The van der Waals surface area contributed by atoms with E-state index in [1.54, 1.807) is 25.1 Å². The monoisotopic (exact) mass is 322 g/mol. The van der Waals surface area contributed by atoms with Crippen LogP contribution in [0.25, 0.3) is 0 Å². The van der Waals surface area contributed by atoms with E-state index in [0.29, 0.717) is 11.5 Å². The minimum atomic E-state index is -1.44. The van der Waals surface area contributed by atoms with E-state index in [4.69, 9.17) is 18.9 Å². The van der Waals surface area contributed by atoms with Crippen LogP contribution < -0.4 is 9.47 Å². The summed E-state index contributed by atoms with van der Waals surface area (Å²) in [5.74, 6) is -1.79. The predicted molar refractivity (Wildman–Crippen MR) is 82.3 cm³/mol. The molecule has 0 spiro atoms. The van der Waals surface area contributed by atoms with Gasteiger partial charge in [-0.2, -0.15) is 0 Å². The van der Waals surface area contributed by atoms with Gasteiger partial charge < -0.3 is 18.9 Å². The Hall–Kier alpha value is -2.24. The van der Waals surface area contributed by atoms with Gasteiger partial charge in [-0.25, -0.2) is 0 Å². The van der Waals surface area contributed by atoms with Crippen LogP contribution in [0, 0.1) is 5.41 Å². The zero-order valence-electron chi connectivity index (χ0n) is 14.3. The first-order valence-corrected chi connectivity index (χ1v) is 7.34. The van der Waals surface area contributed by atoms with Gasteiger partial charge in [0.2, 0.25) is 0 Å². The Kier molecular flexibility index (Phi) is 4.28. The highest BCUT2D eigenvalue weighted by Gasteiger charge is 2.56. The Balaban J connectivity index is 2.44. The highest BCUT2D eigenvalue weighted by Crippen LogP contribution is 2.44. The molecule has 1 saturated heterocycles. The molecule has 1 fully saturated rings. The molecule has 23 heavy (non-hydrogen) atoms. The molecule has 0 aliphatic carbocycles. The number of hydrogen-bond acceptors (Lipinski definition) is 6. The van der Waals surface area contributed by atoms with Crippen molar-refractivity contribution in [2.24, 2.45) is 5.41 Å². The van der Waals surface area contributed by atoms with Crippen molar-refractivity contribution in [3.8, 4) is 11.5 Å². The van der Waals surface area contributed by atoms with Gasteiger partial charge in [0.1, 0.15) is 11.5 Å². The molecule has 6 nitrogen and oxygen atoms in total. The molecular formula is C17H22O6. The van der Waals surface area contributed by atoms with E-state index >= 15 is 0 Å². The molecule has 6 heteroatoms. The molecule has 0 N–H and O–H groups in total. The van der Waals surface area contributed by atoms with Crippen molar-refractivity contribution in [2.75, 3.05) is 14.2 Å². The van der Waals surface area contributed by atoms with Crippen LogP contribution in [-0.4, -0.2) is 31.9 Å². The zero-order chi connectivity index (χ0) is 17.4. The molecule has 1 aromatic carbocycles. The second-order valence-electron chi connectivity index (χ2n) is 6.25. The van der Waals surface area contributed by atoms with E-state index in [0.717, 1.165) is 5.56 Å². The molecule has 2 rings (SSSR count). The first-order valence-electron chi connectivity index (χ1n) is 7.34. The van der Waals surface area contributed by atoms with Crippen molar-refractivity contribution in [2.45, 2.75) is 39.4 Å². The number of ether oxygens (including phenoxy) is 4. The molecule has 0 aromatic heterocycles. The van der Waals surface area contributed by atoms with E-state index < -0.39 is 29.1 Å². The first-order chi connectivity index (χ1) is 10.6. The lowest BCUT2D eigenvalue weighted by Gasteiger charge is -2.41. The number of methoxy groups -OCH3 is 2. The van der Waals surface area contributed by atoms with Crippen LogP contribution in [0.15, 0.2) is 18.2 Å². The van der Waals surface area contributed by atoms with Crippen molar-refractivity contribution >= 4 is 11.9 Å². The summed E-state index contributed by atoms with van der Waals surface area (Å²) < 4.78 is 21.0. The molecule has 0 saturated carbocycles. The minimum absolute atomic E-state index is 0.484. The van der Waals surface area contributed by atoms with Crippen LogP contribution in [0.4, 0.5) is 0 Å². The quantitative estimate of drug-likeness (QED) is 0.627. The third-order valence-corrected chi connectivity index (χ3v) is 4.26. The number of hydrogen-bond donors (Lipinski definition) is 0. The van der Waals surface area contributed by atoms with E-state index in [9.17, 15) is 9.59 Å². The van der Waals surface area contributed by atoms with Gasteiger partial charge in [0.05, 0.1) is 14.2 Å². The van der Waals surface area contributed by atoms with Crippen LogP contribution in [0.5, 0.6) is 11.5 Å². The van der Waals surface area contributed by atoms with Gasteiger partial charge in [0.15, 0.2) is 5.41 Å². The summed E-state index contributed by atoms with van der Waals surface area (Å²) in [6, 6.07) is 5.25. The lowest BCUT2D eigenvalue weighted by Crippen LogP contribution is -2.54. The van der Waals surface area contributed by atoms with Gasteiger partial charge in [-0.05, 0) is 24.6 Å². The largest absolute Gasteiger partial charge is 0.497 e. The number of cyclic esters (lactones) is 2. The second kappa shape index (κ2) is 5.76. The number of carbonyl (C=O) groups is 2. The van der Waals surface area contributed by atoms with Crippen molar-refractivity contribution in [1.29, 1.82) is 0 Å². The van der Waals surface area contributed by atoms with Crippen LogP contribution in [0.3, 0.4) is 0 Å². The highest BCUT2D eigenvalue weighted by molar-refractivity contribution is 6.02. The van der Waals surface area contributed by atoms with Crippen molar-refractivity contribution in [1.82, 2.24) is 0 Å². The Morgan fingerprint density at radius 2 is 1.35 bits per heavy atom. The molecule has 1 aliphatic heterocycles. The van der Waals surface area contributed by atoms with Gasteiger partial charge in [-0.15, -0.1) is 0 Å². The fourth-order valence-electron chi connectivity index (χ4n) is 2.53. The van der Waals surface area contributed by atoms with Crippen molar-refractivity contribution in [3.63, 3.8) is 0 Å². The fraction of sp³-hybridized carbons (Fsp3) is 0.529. The summed E-state index contributed by atoms with van der Waals surface area (Å²) in [7, 11) is 3.08. The SMILES string of the molecule is COc1cc(OC)cc(C(C)C2(C)C(=O)OC(C)(C)OC2=O)c1. The molecule has 1 unspecified atom stereocenters. The average molecular weight is 322 g/mol. The molecule has 0 amide bonds. The second-order valence-corrected chi connectivity index (χ2v) is 6.25. The number of carbonyl (C=O) groups excluding carboxylic acids is 2. The molecule has 1 heterocycles. The fourth-order valence-corrected chi connectivity index (χ4v) is 2.53. The smallest absolute Gasteiger partial charge is 0.327 e. The lowest BCUT2D eigenvalue weighted by molar-refractivity contribution is -0.251. The lowest BCUT2D eigenvalue weighted by atomic mass is 9.73. The maximum atomic E-state index is 12.5. The van der Waals surface area contributed by atoms with Gasteiger partial charge in [0, 0.05) is 25.8 Å². The third-order valence-electron chi connectivity index (χ3n) is 4.26. The maximum absolute atomic E-state index is 12.5. The summed E-state index contributed by atoms with van der Waals surface area (Å²) in [6.07, 6.45) is 0. The van der Waals surface area contributed by atoms with E-state index in [1.165, 1.54) is 35.0 Å². The predicted octanol–water partition coefficient (Wildman–Crippen LogP) is 2.65. The summed E-state index contributed by atoms with van der Waals surface area (Å²) in [6.45, 7) is 6.36. The van der Waals surface area contributed by atoms with E-state index in [1.807, 2.05) is 0 Å². The zero-order valence-corrected chi connectivity index (χ0v) is 14.3. The van der Waals surface area contributed by atoms with E-state index in [2.05, 4.69) is 0 Å². The average Bonchev–Trinajstić information content (AvgIpc) is 2.50. The Morgan fingerprint density at radius 1 is 0.913 bits per heavy atom. The third kappa shape index (κ3) is 2.98. The van der Waals surface area contributed by atoms with Gasteiger partial charge >= 0.3 is 11.9 Å². The molecular weight excluding hydrogens is 300 g/mol. The summed E-state index contributed by atoms with van der Waals surface area (Å²) in [5, 5.41) is 0. The Bertz CT molecular complexity index is 592. The topological polar surface area (TPSA) is 71.1 Å². The summed E-state index contributed by atoms with van der Waals surface area (Å²) in [4.78, 5) is 25.0. The number of esters is 2. The number of benzene rings is 1. The van der Waals surface area contributed by atoms with Crippen LogP contribution in [0.2, 0.25) is 0 Å². The van der Waals surface area contributed by atoms with Crippen molar-refractivity contribution in [3.05, 3.63) is 23.8 Å². The molecule has 126 valence electrons. The summed E-state index contributed by atoms with van der Waals surface area (Å²) in [5.41, 5.74) is -0.718. The van der Waals surface area contributed by atoms with Crippen LogP contribution in [-0.2, 0) is 19.1 Å². The first kappa shape index (κ1) is 17.1. The van der Waals surface area contributed by atoms with Gasteiger partial charge in [-0.3, -0.25) is 9.59 Å². The molecule has 0 bridgehead atoms. The summed E-state index contributed by atoms with van der Waals surface area (Å²) >= 11 is 0. The van der Waals surface area contributed by atoms with Crippen LogP contribution in [0.1, 0.15) is 39.2 Å². The molecule has 1 atom stereocenters. The van der Waals surface area contributed by atoms with E-state index in [-0.39, 0.29) is 0 Å². The Morgan fingerprint density at radius 3 is 1.74 bits per heavy atom. The number of rotatable bonds is 4. The molecule has 0 radical (unpaired) electrons. The van der Waals surface area contributed by atoms with Gasteiger partial charge in [0.25, 0.3) is 5.79 Å². The molecule has 1 aromatic rings.